The van der Waals surface area contributed by atoms with Crippen LogP contribution in [-0.4, -0.2) is 5.91 Å². The fourth-order valence-corrected chi connectivity index (χ4v) is 2.74. The Labute approximate surface area is 121 Å². The topological polar surface area (TPSA) is 55.1 Å². The number of hydrogen-bond acceptors (Lipinski definition) is 2. The molecule has 1 aromatic rings. The average Bonchev–Trinajstić information content (AvgIpc) is 2.90. The predicted octanol–water partition coefficient (Wildman–Crippen LogP) is 4.20. The summed E-state index contributed by atoms with van der Waals surface area (Å²) >= 11 is 0. The van der Waals surface area contributed by atoms with Crippen molar-refractivity contribution >= 4 is 17.3 Å². The van der Waals surface area contributed by atoms with Crippen LogP contribution in [0.4, 0.5) is 24.5 Å². The Morgan fingerprint density at radius 2 is 1.95 bits per heavy atom. The third-order valence-corrected chi connectivity index (χ3v) is 3.90. The van der Waals surface area contributed by atoms with Gasteiger partial charge >= 0.3 is 6.18 Å². The quantitative estimate of drug-likeness (QED) is 0.819. The van der Waals surface area contributed by atoms with Crippen molar-refractivity contribution in [3.05, 3.63) is 23.8 Å². The number of carbonyl (C=O) groups excluding carboxylic acids is 1. The van der Waals surface area contributed by atoms with Gasteiger partial charge in [-0.05, 0) is 30.5 Å². The minimum absolute atomic E-state index is 0.132. The number of amides is 1. The molecule has 3 N–H and O–H groups in total. The number of halogens is 3. The number of nitrogen functional groups attached to an aromatic ring is 1. The van der Waals surface area contributed by atoms with Crippen LogP contribution >= 0.6 is 0 Å². The lowest BCUT2D eigenvalue weighted by Gasteiger charge is -2.13. The molecular weight excluding hydrogens is 281 g/mol. The van der Waals surface area contributed by atoms with Crippen LogP contribution in [0.15, 0.2) is 18.2 Å². The number of benzene rings is 1. The summed E-state index contributed by atoms with van der Waals surface area (Å²) in [5.74, 6) is 0.327. The smallest absolute Gasteiger partial charge is 0.398 e. The first-order valence-corrected chi connectivity index (χ1v) is 7.13. The minimum atomic E-state index is -4.52. The van der Waals surface area contributed by atoms with Crippen molar-refractivity contribution in [3.8, 4) is 0 Å². The molecule has 1 saturated carbocycles. The highest BCUT2D eigenvalue weighted by Gasteiger charge is 2.33. The molecule has 0 aliphatic heterocycles. The number of rotatable bonds is 4. The Balaban J connectivity index is 1.94. The van der Waals surface area contributed by atoms with Crippen LogP contribution in [0.1, 0.15) is 44.1 Å². The second kappa shape index (κ2) is 6.37. The van der Waals surface area contributed by atoms with E-state index in [0.717, 1.165) is 31.4 Å². The van der Waals surface area contributed by atoms with Gasteiger partial charge in [0.15, 0.2) is 0 Å². The third-order valence-electron chi connectivity index (χ3n) is 3.90. The van der Waals surface area contributed by atoms with E-state index in [1.807, 2.05) is 0 Å². The Hall–Kier alpha value is -1.72. The van der Waals surface area contributed by atoms with E-state index in [2.05, 4.69) is 5.32 Å². The molecular formula is C15H19F3N2O. The third kappa shape index (κ3) is 4.37. The fraction of sp³-hybridized carbons (Fsp3) is 0.533. The minimum Gasteiger partial charge on any atom is -0.398 e. The van der Waals surface area contributed by atoms with Crippen molar-refractivity contribution in [3.63, 3.8) is 0 Å². The second-order valence-electron chi connectivity index (χ2n) is 5.54. The van der Waals surface area contributed by atoms with E-state index in [9.17, 15) is 18.0 Å². The summed E-state index contributed by atoms with van der Waals surface area (Å²) in [6.45, 7) is 0. The zero-order valence-corrected chi connectivity index (χ0v) is 11.7. The number of carbonyl (C=O) groups is 1. The molecule has 1 aliphatic rings. The van der Waals surface area contributed by atoms with E-state index in [-0.39, 0.29) is 17.3 Å². The molecule has 0 saturated heterocycles. The fourth-order valence-electron chi connectivity index (χ4n) is 2.74. The van der Waals surface area contributed by atoms with Crippen molar-refractivity contribution in [2.75, 3.05) is 11.1 Å². The van der Waals surface area contributed by atoms with Crippen LogP contribution in [0.5, 0.6) is 0 Å². The monoisotopic (exact) mass is 300 g/mol. The maximum Gasteiger partial charge on any atom is 0.418 e. The van der Waals surface area contributed by atoms with E-state index < -0.39 is 11.7 Å². The largest absolute Gasteiger partial charge is 0.418 e. The summed E-state index contributed by atoms with van der Waals surface area (Å²) in [6, 6.07) is 3.43. The molecule has 0 spiro atoms. The average molecular weight is 300 g/mol. The second-order valence-corrected chi connectivity index (χ2v) is 5.54. The van der Waals surface area contributed by atoms with E-state index >= 15 is 0 Å². The van der Waals surface area contributed by atoms with E-state index in [1.165, 1.54) is 18.9 Å². The van der Waals surface area contributed by atoms with Gasteiger partial charge in [0, 0.05) is 17.8 Å². The molecule has 1 fully saturated rings. The van der Waals surface area contributed by atoms with Gasteiger partial charge in [0.1, 0.15) is 0 Å². The zero-order chi connectivity index (χ0) is 15.5. The normalized spacial score (nSPS) is 16.1. The first-order valence-electron chi connectivity index (χ1n) is 7.13. The van der Waals surface area contributed by atoms with Gasteiger partial charge < -0.3 is 11.1 Å². The summed E-state index contributed by atoms with van der Waals surface area (Å²) < 4.78 is 38.2. The van der Waals surface area contributed by atoms with Crippen LogP contribution in [0.2, 0.25) is 0 Å². The first-order chi connectivity index (χ1) is 9.86. The van der Waals surface area contributed by atoms with Gasteiger partial charge in [-0.3, -0.25) is 4.79 Å². The standard InChI is InChI=1S/C15H19F3N2O/c16-15(17,18)12-9-11(6-7-13(12)19)20-14(21)8-5-10-3-1-2-4-10/h6-7,9-10H,1-5,8,19H2,(H,20,21). The van der Waals surface area contributed by atoms with Crippen LogP contribution in [0, 0.1) is 5.92 Å². The predicted molar refractivity (Wildman–Crippen MR) is 75.7 cm³/mol. The molecule has 21 heavy (non-hydrogen) atoms. The van der Waals surface area contributed by atoms with Gasteiger partial charge in [0.2, 0.25) is 5.91 Å². The lowest BCUT2D eigenvalue weighted by molar-refractivity contribution is -0.136. The summed E-state index contributed by atoms with van der Waals surface area (Å²) in [4.78, 5) is 11.8. The molecule has 2 rings (SSSR count). The molecule has 3 nitrogen and oxygen atoms in total. The van der Waals surface area contributed by atoms with E-state index in [4.69, 9.17) is 5.73 Å². The van der Waals surface area contributed by atoms with Gasteiger partial charge in [-0.2, -0.15) is 13.2 Å². The number of anilines is 2. The number of nitrogens with one attached hydrogen (secondary N) is 1. The molecule has 0 aromatic heterocycles. The molecule has 0 radical (unpaired) electrons. The molecule has 6 heteroatoms. The Kier molecular flexibility index (Phi) is 4.75. The van der Waals surface area contributed by atoms with Gasteiger partial charge in [-0.25, -0.2) is 0 Å². The molecule has 0 bridgehead atoms. The van der Waals surface area contributed by atoms with Gasteiger partial charge in [-0.15, -0.1) is 0 Å². The number of nitrogens with two attached hydrogens (primary N) is 1. The maximum absolute atomic E-state index is 12.7. The molecule has 116 valence electrons. The lowest BCUT2D eigenvalue weighted by atomic mass is 10.0. The van der Waals surface area contributed by atoms with Crippen LogP contribution < -0.4 is 11.1 Å². The zero-order valence-electron chi connectivity index (χ0n) is 11.7. The van der Waals surface area contributed by atoms with Crippen molar-refractivity contribution in [1.29, 1.82) is 0 Å². The molecule has 1 aliphatic carbocycles. The van der Waals surface area contributed by atoms with E-state index in [1.54, 1.807) is 0 Å². The van der Waals surface area contributed by atoms with E-state index in [0.29, 0.717) is 12.3 Å². The summed E-state index contributed by atoms with van der Waals surface area (Å²) in [5, 5.41) is 2.51. The molecule has 1 aromatic carbocycles. The van der Waals surface area contributed by atoms with Gasteiger partial charge in [0.25, 0.3) is 0 Å². The van der Waals surface area contributed by atoms with Gasteiger partial charge in [0.05, 0.1) is 5.56 Å². The molecule has 1 amide bonds. The molecule has 0 atom stereocenters. The van der Waals surface area contributed by atoms with Gasteiger partial charge in [-0.1, -0.05) is 25.7 Å². The van der Waals surface area contributed by atoms with Crippen molar-refractivity contribution in [2.24, 2.45) is 5.92 Å². The Morgan fingerprint density at radius 1 is 1.29 bits per heavy atom. The highest BCUT2D eigenvalue weighted by molar-refractivity contribution is 5.91. The Bertz CT molecular complexity index is 508. The SMILES string of the molecule is Nc1ccc(NC(=O)CCC2CCCC2)cc1C(F)(F)F. The highest BCUT2D eigenvalue weighted by Crippen LogP contribution is 2.35. The van der Waals surface area contributed by atoms with Crippen LogP contribution in [-0.2, 0) is 11.0 Å². The van der Waals surface area contributed by atoms with Crippen LogP contribution in [0.3, 0.4) is 0 Å². The van der Waals surface area contributed by atoms with Crippen LogP contribution in [0.25, 0.3) is 0 Å². The maximum atomic E-state index is 12.7. The summed E-state index contributed by atoms with van der Waals surface area (Å²) in [5.41, 5.74) is 4.19. The van der Waals surface area contributed by atoms with Crippen molar-refractivity contribution in [1.82, 2.24) is 0 Å². The van der Waals surface area contributed by atoms with Crippen molar-refractivity contribution in [2.45, 2.75) is 44.7 Å². The Morgan fingerprint density at radius 3 is 2.57 bits per heavy atom. The lowest BCUT2D eigenvalue weighted by Crippen LogP contribution is -2.14. The highest BCUT2D eigenvalue weighted by atomic mass is 19.4. The first kappa shape index (κ1) is 15.7. The summed E-state index contributed by atoms with van der Waals surface area (Å²) in [6.07, 6.45) is 1.33. The van der Waals surface area contributed by atoms with Crippen molar-refractivity contribution < 1.29 is 18.0 Å². The number of hydrogen-bond donors (Lipinski definition) is 2. The summed E-state index contributed by atoms with van der Waals surface area (Å²) in [7, 11) is 0. The number of alkyl halides is 3. The molecule has 0 heterocycles. The molecule has 0 unspecified atom stereocenters.